The van der Waals surface area contributed by atoms with E-state index in [1.165, 1.54) is 83.5 Å². The van der Waals surface area contributed by atoms with Gasteiger partial charge in [-0.1, -0.05) is 103 Å². The van der Waals surface area contributed by atoms with E-state index in [1.54, 1.807) is 0 Å². The van der Waals surface area contributed by atoms with E-state index in [1.807, 2.05) is 0 Å². The molecule has 0 atom stereocenters. The Morgan fingerprint density at radius 3 is 1.50 bits per heavy atom. The molecule has 4 nitrogen and oxygen atoms in total. The van der Waals surface area contributed by atoms with Crippen molar-refractivity contribution in [1.82, 2.24) is 0 Å². The fourth-order valence-corrected chi connectivity index (χ4v) is 2.99. The van der Waals surface area contributed by atoms with Crippen LogP contribution in [-0.2, 0) is 19.1 Å². The Balaban J connectivity index is 3.27. The predicted molar refractivity (Wildman–Crippen MR) is 115 cm³/mol. The van der Waals surface area contributed by atoms with E-state index < -0.39 is 11.9 Å². The molecule has 0 rings (SSSR count). The first kappa shape index (κ1) is 26.2. The van der Waals surface area contributed by atoms with Gasteiger partial charge in [0.25, 0.3) is 0 Å². The van der Waals surface area contributed by atoms with E-state index in [0.29, 0.717) is 6.61 Å². The third kappa shape index (κ3) is 20.6. The molecule has 0 aromatic rings. The second-order valence-electron chi connectivity index (χ2n) is 7.26. The lowest BCUT2D eigenvalue weighted by molar-refractivity contribution is -0.140. The van der Waals surface area contributed by atoms with Crippen molar-refractivity contribution in [3.8, 4) is 12.3 Å². The van der Waals surface area contributed by atoms with E-state index in [2.05, 4.69) is 17.6 Å². The van der Waals surface area contributed by atoms with Crippen LogP contribution in [0.4, 0.5) is 0 Å². The minimum Gasteiger partial charge on any atom is -0.463 e. The summed E-state index contributed by atoms with van der Waals surface area (Å²) in [6.07, 6.45) is 26.6. The van der Waals surface area contributed by atoms with Crippen molar-refractivity contribution in [2.75, 3.05) is 13.2 Å². The third-order valence-corrected chi connectivity index (χ3v) is 4.65. The maximum atomic E-state index is 11.4. The van der Waals surface area contributed by atoms with Gasteiger partial charge in [0.05, 0.1) is 6.61 Å². The third-order valence-electron chi connectivity index (χ3n) is 4.65. The van der Waals surface area contributed by atoms with Crippen molar-refractivity contribution in [3.05, 3.63) is 12.2 Å². The van der Waals surface area contributed by atoms with Gasteiger partial charge in [0.1, 0.15) is 0 Å². The summed E-state index contributed by atoms with van der Waals surface area (Å²) in [5.41, 5.74) is 0. The van der Waals surface area contributed by atoms with Crippen LogP contribution in [0.1, 0.15) is 103 Å². The van der Waals surface area contributed by atoms with Gasteiger partial charge in [-0.05, 0) is 6.42 Å². The van der Waals surface area contributed by atoms with Crippen LogP contribution < -0.4 is 0 Å². The van der Waals surface area contributed by atoms with Gasteiger partial charge in [-0.2, -0.15) is 0 Å². The van der Waals surface area contributed by atoms with Crippen LogP contribution in [0.2, 0.25) is 0 Å². The summed E-state index contributed by atoms with van der Waals surface area (Å²) >= 11 is 0. The largest absolute Gasteiger partial charge is 0.463 e. The molecule has 0 unspecified atom stereocenters. The van der Waals surface area contributed by atoms with Crippen LogP contribution in [0.25, 0.3) is 0 Å². The zero-order valence-electron chi connectivity index (χ0n) is 17.9. The molecule has 0 saturated heterocycles. The van der Waals surface area contributed by atoms with Crippen molar-refractivity contribution in [3.63, 3.8) is 0 Å². The Bertz CT molecular complexity index is 448. The SMILES string of the molecule is C#CCOC(=O)/C=C/C(=O)OCCCCCCCCCCCCCCCCC. The number of hydrogen-bond donors (Lipinski definition) is 0. The van der Waals surface area contributed by atoms with Crippen molar-refractivity contribution in [1.29, 1.82) is 0 Å². The van der Waals surface area contributed by atoms with E-state index >= 15 is 0 Å². The molecule has 0 N–H and O–H groups in total. The van der Waals surface area contributed by atoms with Gasteiger partial charge in [-0.3, -0.25) is 0 Å². The lowest BCUT2D eigenvalue weighted by atomic mass is 10.0. The molecule has 0 bridgehead atoms. The Kier molecular flexibility index (Phi) is 20.2. The Morgan fingerprint density at radius 2 is 1.07 bits per heavy atom. The number of terminal acetylenes is 1. The van der Waals surface area contributed by atoms with Crippen molar-refractivity contribution in [2.24, 2.45) is 0 Å². The summed E-state index contributed by atoms with van der Waals surface area (Å²) in [6, 6.07) is 0. The normalized spacial score (nSPS) is 10.7. The molecule has 160 valence electrons. The van der Waals surface area contributed by atoms with Crippen molar-refractivity contribution >= 4 is 11.9 Å². The molecule has 0 aromatic carbocycles. The molecule has 4 heteroatoms. The highest BCUT2D eigenvalue weighted by Crippen LogP contribution is 2.13. The second-order valence-corrected chi connectivity index (χ2v) is 7.26. The molecule has 0 aromatic heterocycles. The molecule has 0 aliphatic carbocycles. The zero-order valence-corrected chi connectivity index (χ0v) is 17.9. The summed E-state index contributed by atoms with van der Waals surface area (Å²) in [6.45, 7) is 2.55. The van der Waals surface area contributed by atoms with Gasteiger partial charge in [-0.25, -0.2) is 9.59 Å². The van der Waals surface area contributed by atoms with Gasteiger partial charge in [0.15, 0.2) is 6.61 Å². The van der Waals surface area contributed by atoms with Gasteiger partial charge in [0.2, 0.25) is 0 Å². The van der Waals surface area contributed by atoms with E-state index in [4.69, 9.17) is 11.2 Å². The van der Waals surface area contributed by atoms with Gasteiger partial charge in [-0.15, -0.1) is 6.42 Å². The van der Waals surface area contributed by atoms with Gasteiger partial charge < -0.3 is 9.47 Å². The first-order chi connectivity index (χ1) is 13.7. The summed E-state index contributed by atoms with van der Waals surface area (Å²) in [7, 11) is 0. The van der Waals surface area contributed by atoms with Crippen LogP contribution in [0.3, 0.4) is 0 Å². The highest BCUT2D eigenvalue weighted by atomic mass is 16.5. The Labute approximate surface area is 172 Å². The quantitative estimate of drug-likeness (QED) is 0.115. The highest BCUT2D eigenvalue weighted by Gasteiger charge is 2.00. The molecule has 0 radical (unpaired) electrons. The van der Waals surface area contributed by atoms with Crippen molar-refractivity contribution < 1.29 is 19.1 Å². The predicted octanol–water partition coefficient (Wildman–Crippen LogP) is 6.13. The summed E-state index contributed by atoms with van der Waals surface area (Å²) < 4.78 is 9.64. The summed E-state index contributed by atoms with van der Waals surface area (Å²) in [4.78, 5) is 22.5. The van der Waals surface area contributed by atoms with Gasteiger partial charge >= 0.3 is 11.9 Å². The average molecular weight is 393 g/mol. The second kappa shape index (κ2) is 21.5. The fraction of sp³-hybridized carbons (Fsp3) is 0.750. The first-order valence-corrected chi connectivity index (χ1v) is 11.2. The minimum atomic E-state index is -0.637. The zero-order chi connectivity index (χ0) is 20.7. The molecular formula is C24H40O4. The lowest BCUT2D eigenvalue weighted by Gasteiger charge is -2.04. The van der Waals surface area contributed by atoms with Crippen LogP contribution in [0.15, 0.2) is 12.2 Å². The maximum Gasteiger partial charge on any atom is 0.331 e. The van der Waals surface area contributed by atoms with E-state index in [0.717, 1.165) is 25.0 Å². The Hall–Kier alpha value is -1.76. The number of unbranched alkanes of at least 4 members (excludes halogenated alkanes) is 14. The van der Waals surface area contributed by atoms with Crippen LogP contribution >= 0.6 is 0 Å². The minimum absolute atomic E-state index is 0.0999. The standard InChI is InChI=1S/C24H40O4/c1-3-5-6-7-8-9-10-11-12-13-14-15-16-17-18-22-28-24(26)20-19-23(25)27-21-4-2/h2,19-20H,3,5-18,21-22H2,1H3/b20-19+. The monoisotopic (exact) mass is 392 g/mol. The number of hydrogen-bond acceptors (Lipinski definition) is 4. The smallest absolute Gasteiger partial charge is 0.331 e. The molecule has 0 aliphatic heterocycles. The summed E-state index contributed by atoms with van der Waals surface area (Å²) in [5.74, 6) is 1.02. The maximum absolute atomic E-state index is 11.4. The van der Waals surface area contributed by atoms with Gasteiger partial charge in [0, 0.05) is 12.2 Å². The van der Waals surface area contributed by atoms with Crippen LogP contribution in [0, 0.1) is 12.3 Å². The molecule has 0 aliphatic rings. The summed E-state index contributed by atoms with van der Waals surface area (Å²) in [5, 5.41) is 0. The topological polar surface area (TPSA) is 52.6 Å². The van der Waals surface area contributed by atoms with E-state index in [9.17, 15) is 9.59 Å². The first-order valence-electron chi connectivity index (χ1n) is 11.2. The molecule has 0 fully saturated rings. The molecular weight excluding hydrogens is 352 g/mol. The molecule has 0 heterocycles. The average Bonchev–Trinajstić information content (AvgIpc) is 2.70. The molecule has 0 spiro atoms. The Morgan fingerprint density at radius 1 is 0.679 bits per heavy atom. The lowest BCUT2D eigenvalue weighted by Crippen LogP contribution is -2.05. The molecule has 0 amide bonds. The van der Waals surface area contributed by atoms with Crippen LogP contribution in [-0.4, -0.2) is 25.2 Å². The van der Waals surface area contributed by atoms with E-state index in [-0.39, 0.29) is 6.61 Å². The fourth-order valence-electron chi connectivity index (χ4n) is 2.99. The highest BCUT2D eigenvalue weighted by molar-refractivity contribution is 5.91. The number of carbonyl (C=O) groups is 2. The number of ether oxygens (including phenoxy) is 2. The van der Waals surface area contributed by atoms with Crippen LogP contribution in [0.5, 0.6) is 0 Å². The number of esters is 2. The van der Waals surface area contributed by atoms with Crippen molar-refractivity contribution in [2.45, 2.75) is 103 Å². The molecule has 0 saturated carbocycles. The number of rotatable bonds is 19. The molecule has 28 heavy (non-hydrogen) atoms. The number of carbonyl (C=O) groups excluding carboxylic acids is 2.